The summed E-state index contributed by atoms with van der Waals surface area (Å²) in [4.78, 5) is 16.0. The third kappa shape index (κ3) is 3.07. The molecule has 6 nitrogen and oxygen atoms in total. The molecule has 1 amide bonds. The van der Waals surface area contributed by atoms with Crippen molar-refractivity contribution in [3.05, 3.63) is 5.82 Å². The highest BCUT2D eigenvalue weighted by Gasteiger charge is 2.21. The van der Waals surface area contributed by atoms with Gasteiger partial charge in [0.15, 0.2) is 5.82 Å². The summed E-state index contributed by atoms with van der Waals surface area (Å²) in [5, 5.41) is 10.5. The number of aromatic nitrogens is 3. The Morgan fingerprint density at radius 3 is 2.89 bits per heavy atom. The molecule has 2 N–H and O–H groups in total. The fraction of sp³-hybridized carbons (Fsp3) is 0.750. The van der Waals surface area contributed by atoms with Crippen molar-refractivity contribution in [1.29, 1.82) is 0 Å². The first-order valence-electron chi connectivity index (χ1n) is 6.62. The number of nitrogens with zero attached hydrogens (tertiary/aromatic N) is 3. The van der Waals surface area contributed by atoms with Gasteiger partial charge in [-0.2, -0.15) is 10.1 Å². The quantitative estimate of drug-likeness (QED) is 0.838. The molecule has 0 atom stereocenters. The average molecular weight is 251 g/mol. The zero-order valence-electron chi connectivity index (χ0n) is 11.1. The van der Waals surface area contributed by atoms with E-state index in [1.165, 1.54) is 0 Å². The summed E-state index contributed by atoms with van der Waals surface area (Å²) in [7, 11) is 1.82. The van der Waals surface area contributed by atoms with Gasteiger partial charge >= 0.3 is 0 Å². The van der Waals surface area contributed by atoms with Crippen LogP contribution < -0.4 is 10.6 Å². The van der Waals surface area contributed by atoms with Gasteiger partial charge in [0.1, 0.15) is 0 Å². The second kappa shape index (κ2) is 5.95. The maximum Gasteiger partial charge on any atom is 0.227 e. The van der Waals surface area contributed by atoms with Gasteiger partial charge in [-0.15, -0.1) is 0 Å². The lowest BCUT2D eigenvalue weighted by Crippen LogP contribution is -2.27. The number of carbonyl (C=O) groups is 1. The van der Waals surface area contributed by atoms with Gasteiger partial charge in [0, 0.05) is 19.4 Å². The Hall–Kier alpha value is -1.43. The Bertz CT molecular complexity index is 409. The minimum absolute atomic E-state index is 0.00450. The molecular weight excluding hydrogens is 230 g/mol. The van der Waals surface area contributed by atoms with E-state index in [0.29, 0.717) is 18.3 Å². The molecule has 0 radical (unpaired) electrons. The second-order valence-electron chi connectivity index (χ2n) is 4.74. The van der Waals surface area contributed by atoms with Crippen molar-refractivity contribution in [1.82, 2.24) is 20.1 Å². The van der Waals surface area contributed by atoms with E-state index in [4.69, 9.17) is 0 Å². The average Bonchev–Trinajstić information content (AvgIpc) is 2.72. The number of carbonyl (C=O) groups excluding carboxylic acids is 1. The van der Waals surface area contributed by atoms with Crippen molar-refractivity contribution in [3.8, 4) is 0 Å². The normalized spacial score (nSPS) is 16.8. The summed E-state index contributed by atoms with van der Waals surface area (Å²) in [6.45, 7) is 4.01. The minimum Gasteiger partial charge on any atom is -0.317 e. The number of anilines is 1. The van der Waals surface area contributed by atoms with Gasteiger partial charge in [0.2, 0.25) is 11.9 Å². The zero-order chi connectivity index (χ0) is 13.0. The van der Waals surface area contributed by atoms with Crippen LogP contribution in [-0.2, 0) is 11.8 Å². The molecule has 18 heavy (non-hydrogen) atoms. The van der Waals surface area contributed by atoms with Crippen LogP contribution in [-0.4, -0.2) is 33.8 Å². The number of aryl methyl sites for hydroxylation is 1. The van der Waals surface area contributed by atoms with Gasteiger partial charge in [-0.1, -0.05) is 6.92 Å². The maximum atomic E-state index is 11.5. The summed E-state index contributed by atoms with van der Waals surface area (Å²) in [6.07, 6.45) is 3.49. The standard InChI is InChI=1S/C12H21N5O/c1-3-4-10(18)14-12-15-11(16-17(12)2)9-5-7-13-8-6-9/h9,13H,3-8H2,1-2H3,(H,14,15,16,18). The van der Waals surface area contributed by atoms with Crippen LogP contribution in [0.3, 0.4) is 0 Å². The van der Waals surface area contributed by atoms with Crippen molar-refractivity contribution in [2.75, 3.05) is 18.4 Å². The largest absolute Gasteiger partial charge is 0.317 e. The molecule has 0 bridgehead atoms. The molecule has 100 valence electrons. The number of piperidine rings is 1. The van der Waals surface area contributed by atoms with Crippen LogP contribution in [0.5, 0.6) is 0 Å². The van der Waals surface area contributed by atoms with Crippen LogP contribution in [0.2, 0.25) is 0 Å². The van der Waals surface area contributed by atoms with Crippen molar-refractivity contribution < 1.29 is 4.79 Å². The Labute approximate surface area is 107 Å². The maximum absolute atomic E-state index is 11.5. The predicted octanol–water partition coefficient (Wildman–Crippen LogP) is 1.02. The molecule has 0 saturated carbocycles. The van der Waals surface area contributed by atoms with Crippen LogP contribution in [0, 0.1) is 0 Å². The second-order valence-corrected chi connectivity index (χ2v) is 4.74. The molecule has 1 fully saturated rings. The van der Waals surface area contributed by atoms with E-state index >= 15 is 0 Å². The molecule has 0 unspecified atom stereocenters. The van der Waals surface area contributed by atoms with E-state index in [1.807, 2.05) is 14.0 Å². The fourth-order valence-corrected chi connectivity index (χ4v) is 2.18. The lowest BCUT2D eigenvalue weighted by atomic mass is 9.98. The van der Waals surface area contributed by atoms with Crippen LogP contribution in [0.15, 0.2) is 0 Å². The van der Waals surface area contributed by atoms with Crippen molar-refractivity contribution >= 4 is 11.9 Å². The number of hydrogen-bond acceptors (Lipinski definition) is 4. The Morgan fingerprint density at radius 1 is 1.50 bits per heavy atom. The fourth-order valence-electron chi connectivity index (χ4n) is 2.18. The summed E-state index contributed by atoms with van der Waals surface area (Å²) < 4.78 is 1.66. The zero-order valence-corrected chi connectivity index (χ0v) is 11.1. The first kappa shape index (κ1) is 13.0. The number of rotatable bonds is 4. The van der Waals surface area contributed by atoms with Crippen LogP contribution in [0.25, 0.3) is 0 Å². The molecule has 0 spiro atoms. The van der Waals surface area contributed by atoms with Crippen molar-refractivity contribution in [2.45, 2.75) is 38.5 Å². The third-order valence-electron chi connectivity index (χ3n) is 3.21. The van der Waals surface area contributed by atoms with Gasteiger partial charge in [-0.05, 0) is 32.4 Å². The topological polar surface area (TPSA) is 71.8 Å². The lowest BCUT2D eigenvalue weighted by molar-refractivity contribution is -0.116. The monoisotopic (exact) mass is 251 g/mol. The Balaban J connectivity index is 2.03. The first-order chi connectivity index (χ1) is 8.70. The first-order valence-corrected chi connectivity index (χ1v) is 6.62. The third-order valence-corrected chi connectivity index (χ3v) is 3.21. The number of nitrogens with one attached hydrogen (secondary N) is 2. The van der Waals surface area contributed by atoms with E-state index in [-0.39, 0.29) is 5.91 Å². The summed E-state index contributed by atoms with van der Waals surface area (Å²) in [5.41, 5.74) is 0. The predicted molar refractivity (Wildman–Crippen MR) is 69.4 cm³/mol. The van der Waals surface area contributed by atoms with Crippen LogP contribution in [0.4, 0.5) is 5.95 Å². The molecule has 0 aliphatic carbocycles. The molecule has 2 rings (SSSR count). The molecule has 1 aromatic heterocycles. The summed E-state index contributed by atoms with van der Waals surface area (Å²) >= 11 is 0. The molecule has 0 aromatic carbocycles. The molecule has 1 aliphatic heterocycles. The molecule has 1 aliphatic rings. The highest BCUT2D eigenvalue weighted by molar-refractivity contribution is 5.88. The molecule has 1 aromatic rings. The summed E-state index contributed by atoms with van der Waals surface area (Å²) in [5.74, 6) is 1.83. The SMILES string of the molecule is CCCC(=O)Nc1nc(C2CCNCC2)nn1C. The van der Waals surface area contributed by atoms with E-state index in [9.17, 15) is 4.79 Å². The number of hydrogen-bond donors (Lipinski definition) is 2. The van der Waals surface area contributed by atoms with Crippen molar-refractivity contribution in [3.63, 3.8) is 0 Å². The van der Waals surface area contributed by atoms with E-state index in [0.717, 1.165) is 38.2 Å². The Kier molecular flexibility index (Phi) is 4.30. The van der Waals surface area contributed by atoms with E-state index in [1.54, 1.807) is 4.68 Å². The smallest absolute Gasteiger partial charge is 0.227 e. The number of amides is 1. The van der Waals surface area contributed by atoms with E-state index < -0.39 is 0 Å². The van der Waals surface area contributed by atoms with Gasteiger partial charge in [0.05, 0.1) is 0 Å². The van der Waals surface area contributed by atoms with Gasteiger partial charge in [-0.25, -0.2) is 4.68 Å². The lowest BCUT2D eigenvalue weighted by Gasteiger charge is -2.19. The van der Waals surface area contributed by atoms with E-state index in [2.05, 4.69) is 20.7 Å². The molecule has 6 heteroatoms. The Morgan fingerprint density at radius 2 is 2.22 bits per heavy atom. The highest BCUT2D eigenvalue weighted by Crippen LogP contribution is 2.23. The minimum atomic E-state index is 0.00450. The highest BCUT2D eigenvalue weighted by atomic mass is 16.1. The summed E-state index contributed by atoms with van der Waals surface area (Å²) in [6, 6.07) is 0. The van der Waals surface area contributed by atoms with Crippen molar-refractivity contribution in [2.24, 2.45) is 7.05 Å². The van der Waals surface area contributed by atoms with Crippen LogP contribution in [0.1, 0.15) is 44.3 Å². The van der Waals surface area contributed by atoms with Gasteiger partial charge in [0.25, 0.3) is 0 Å². The molecular formula is C12H21N5O. The van der Waals surface area contributed by atoms with Crippen LogP contribution >= 0.6 is 0 Å². The van der Waals surface area contributed by atoms with Gasteiger partial charge < -0.3 is 5.32 Å². The molecule has 1 saturated heterocycles. The van der Waals surface area contributed by atoms with Gasteiger partial charge in [-0.3, -0.25) is 10.1 Å². The molecule has 2 heterocycles.